The molecule has 8 nitrogen and oxygen atoms in total. The molecule has 0 radical (unpaired) electrons. The fraction of sp³-hybridized carbons (Fsp3) is 0.444. The number of amides is 1. The van der Waals surface area contributed by atoms with Crippen molar-refractivity contribution in [2.24, 2.45) is 5.41 Å². The molecule has 0 aromatic heterocycles. The van der Waals surface area contributed by atoms with Crippen molar-refractivity contribution in [3.05, 3.63) is 87.4 Å². The fourth-order valence-corrected chi connectivity index (χ4v) is 6.09. The second kappa shape index (κ2) is 16.0. The number of anilines is 1. The molecule has 1 amide bonds. The smallest absolute Gasteiger partial charge is 0.306 e. The van der Waals surface area contributed by atoms with Gasteiger partial charge in [0.25, 0.3) is 5.91 Å². The zero-order valence-electron chi connectivity index (χ0n) is 27.2. The van der Waals surface area contributed by atoms with Crippen molar-refractivity contribution in [2.75, 3.05) is 45.3 Å². The van der Waals surface area contributed by atoms with Crippen LogP contribution in [0.3, 0.4) is 0 Å². The van der Waals surface area contributed by atoms with Gasteiger partial charge in [-0.3, -0.25) is 9.59 Å². The average molecular weight is 672 g/mol. The summed E-state index contributed by atoms with van der Waals surface area (Å²) >= 11 is 12.8. The summed E-state index contributed by atoms with van der Waals surface area (Å²) in [7, 11) is 3.65. The molecule has 4 rings (SSSR count). The van der Waals surface area contributed by atoms with E-state index in [1.165, 1.54) is 0 Å². The van der Waals surface area contributed by atoms with Gasteiger partial charge in [-0.05, 0) is 74.2 Å². The van der Waals surface area contributed by atoms with Crippen molar-refractivity contribution in [1.29, 1.82) is 0 Å². The Morgan fingerprint density at radius 2 is 1.76 bits per heavy atom. The van der Waals surface area contributed by atoms with Gasteiger partial charge < -0.3 is 29.1 Å². The third-order valence-corrected chi connectivity index (χ3v) is 8.38. The number of carbonyl (C=O) groups is 2. The van der Waals surface area contributed by atoms with Crippen LogP contribution in [0.5, 0.6) is 11.5 Å². The Morgan fingerprint density at radius 1 is 1.02 bits per heavy atom. The van der Waals surface area contributed by atoms with E-state index < -0.39 is 30.5 Å². The number of aryl methyl sites for hydroxylation is 1. The summed E-state index contributed by atoms with van der Waals surface area (Å²) < 4.78 is 18.5. The number of carboxylic acids is 1. The van der Waals surface area contributed by atoms with E-state index in [9.17, 15) is 14.7 Å². The highest BCUT2D eigenvalue weighted by molar-refractivity contribution is 6.31. The Hall–Kier alpha value is -3.30. The van der Waals surface area contributed by atoms with E-state index in [1.807, 2.05) is 57.2 Å². The number of nitrogens with zero attached hydrogens (tertiary/aromatic N) is 2. The predicted octanol–water partition coefficient (Wildman–Crippen LogP) is 7.68. The fourth-order valence-electron chi connectivity index (χ4n) is 5.68. The van der Waals surface area contributed by atoms with Gasteiger partial charge in [-0.1, -0.05) is 74.3 Å². The molecule has 1 N–H and O–H groups in total. The molecule has 1 aliphatic rings. The number of aliphatic carboxylic acids is 1. The first-order chi connectivity index (χ1) is 21.9. The van der Waals surface area contributed by atoms with E-state index in [2.05, 4.69) is 18.0 Å². The van der Waals surface area contributed by atoms with Crippen molar-refractivity contribution < 1.29 is 28.9 Å². The highest BCUT2D eigenvalue weighted by Gasteiger charge is 2.40. The summed E-state index contributed by atoms with van der Waals surface area (Å²) in [6.45, 7) is 8.68. The van der Waals surface area contributed by atoms with E-state index in [-0.39, 0.29) is 5.41 Å². The number of carboxylic acid groups (broad SMARTS) is 1. The zero-order chi connectivity index (χ0) is 33.4. The molecule has 0 saturated heterocycles. The molecule has 3 aromatic rings. The highest BCUT2D eigenvalue weighted by Crippen LogP contribution is 2.45. The first-order valence-corrected chi connectivity index (χ1v) is 16.3. The second-order valence-electron chi connectivity index (χ2n) is 12.9. The monoisotopic (exact) mass is 670 g/mol. The largest absolute Gasteiger partial charge is 0.492 e. The maximum Gasteiger partial charge on any atom is 0.306 e. The number of benzene rings is 3. The lowest BCUT2D eigenvalue weighted by molar-refractivity contribution is -0.147. The Bertz CT molecular complexity index is 1510. The number of fused-ring (bicyclic) bond motifs is 1. The van der Waals surface area contributed by atoms with E-state index in [0.29, 0.717) is 46.5 Å². The molecule has 46 heavy (non-hydrogen) atoms. The summed E-state index contributed by atoms with van der Waals surface area (Å²) in [5, 5.41) is 11.0. The summed E-state index contributed by atoms with van der Waals surface area (Å²) in [4.78, 5) is 29.6. The molecule has 1 heterocycles. The zero-order valence-corrected chi connectivity index (χ0v) is 28.7. The van der Waals surface area contributed by atoms with Crippen LogP contribution < -0.4 is 14.4 Å². The molecule has 3 aromatic carbocycles. The lowest BCUT2D eigenvalue weighted by Gasteiger charge is -2.31. The minimum Gasteiger partial charge on any atom is -0.492 e. The molecule has 0 bridgehead atoms. The molecular formula is C36H44Cl2N2O6. The summed E-state index contributed by atoms with van der Waals surface area (Å²) in [6.07, 6.45) is 0.179. The number of carbonyl (C=O) groups excluding carboxylic acids is 1. The topological polar surface area (TPSA) is 88.5 Å². The van der Waals surface area contributed by atoms with Gasteiger partial charge in [-0.2, -0.15) is 0 Å². The Kier molecular flexibility index (Phi) is 12.4. The Balaban J connectivity index is 1.52. The van der Waals surface area contributed by atoms with Gasteiger partial charge in [0.1, 0.15) is 12.2 Å². The molecule has 0 spiro atoms. The molecule has 2 atom stereocenters. The molecular weight excluding hydrogens is 627 g/mol. The summed E-state index contributed by atoms with van der Waals surface area (Å²) in [5.41, 5.74) is 2.77. The van der Waals surface area contributed by atoms with Crippen molar-refractivity contribution in [3.8, 4) is 11.5 Å². The summed E-state index contributed by atoms with van der Waals surface area (Å²) in [6, 6.07) is 18.7. The molecule has 1 aliphatic heterocycles. The highest BCUT2D eigenvalue weighted by atomic mass is 35.5. The minimum absolute atomic E-state index is 0.269. The molecule has 0 fully saturated rings. The van der Waals surface area contributed by atoms with Crippen molar-refractivity contribution in [2.45, 2.75) is 58.7 Å². The van der Waals surface area contributed by atoms with Crippen molar-refractivity contribution in [1.82, 2.24) is 4.90 Å². The van der Waals surface area contributed by atoms with Gasteiger partial charge in [0.15, 0.2) is 11.5 Å². The number of halogens is 2. The first-order valence-electron chi connectivity index (χ1n) is 15.6. The van der Waals surface area contributed by atoms with Crippen LogP contribution in [0.4, 0.5) is 5.69 Å². The number of rotatable bonds is 14. The lowest BCUT2D eigenvalue weighted by Crippen LogP contribution is -2.44. The second-order valence-corrected chi connectivity index (χ2v) is 13.7. The number of hydrogen-bond donors (Lipinski definition) is 1. The van der Waals surface area contributed by atoms with Crippen LogP contribution in [-0.4, -0.2) is 68.4 Å². The average Bonchev–Trinajstić information content (AvgIpc) is 3.09. The maximum atomic E-state index is 13.8. The normalized spacial score (nSPS) is 16.7. The standard InChI is InChI=1S/C36H44Cl2N2O6/c1-36(2,3)23-40-29-17-16-25(37)21-27(29)33(46-31(35(40)43)22-32(41)42)26-13-8-15-30(34(26)44-5)45-20-10-19-39(4)18-9-12-24-11-6-7-14-28(24)38/h6-8,11,13-17,21,31,33H,9-10,12,18-20,22-23H2,1-5H3,(H,41,42)/t31-,33-/m1/s1. The van der Waals surface area contributed by atoms with Crippen LogP contribution in [0, 0.1) is 5.41 Å². The first kappa shape index (κ1) is 35.6. The Labute approximate surface area is 282 Å². The maximum absolute atomic E-state index is 13.8. The van der Waals surface area contributed by atoms with Gasteiger partial charge in [0.2, 0.25) is 0 Å². The van der Waals surface area contributed by atoms with Crippen LogP contribution in [0.1, 0.15) is 62.8 Å². The van der Waals surface area contributed by atoms with Crippen molar-refractivity contribution >= 4 is 40.8 Å². The van der Waals surface area contributed by atoms with Crippen LogP contribution in [0.15, 0.2) is 60.7 Å². The summed E-state index contributed by atoms with van der Waals surface area (Å²) in [5.74, 6) is -0.553. The van der Waals surface area contributed by atoms with Crippen LogP contribution in [0.25, 0.3) is 0 Å². The van der Waals surface area contributed by atoms with Crippen LogP contribution >= 0.6 is 23.2 Å². The van der Waals surface area contributed by atoms with Gasteiger partial charge in [0, 0.05) is 39.9 Å². The third-order valence-electron chi connectivity index (χ3n) is 7.78. The predicted molar refractivity (Wildman–Crippen MR) is 183 cm³/mol. The molecule has 0 saturated carbocycles. The van der Waals surface area contributed by atoms with E-state index in [0.717, 1.165) is 42.9 Å². The Morgan fingerprint density at radius 3 is 2.46 bits per heavy atom. The number of hydrogen-bond acceptors (Lipinski definition) is 6. The van der Waals surface area contributed by atoms with Gasteiger partial charge in [0.05, 0.1) is 20.1 Å². The number of para-hydroxylation sites is 1. The molecule has 248 valence electrons. The van der Waals surface area contributed by atoms with Crippen molar-refractivity contribution in [3.63, 3.8) is 0 Å². The lowest BCUT2D eigenvalue weighted by atomic mass is 9.94. The van der Waals surface area contributed by atoms with Gasteiger partial charge in [-0.15, -0.1) is 0 Å². The minimum atomic E-state index is -1.22. The van der Waals surface area contributed by atoms with E-state index in [4.69, 9.17) is 37.4 Å². The molecule has 0 unspecified atom stereocenters. The quantitative estimate of drug-likeness (QED) is 0.176. The SMILES string of the molecule is COc1c(OCCCN(C)CCCc2ccccc2Cl)cccc1[C@H]1O[C@H](CC(=O)O)C(=O)N(CC(C)(C)C)c2ccc(Cl)cc21. The van der Waals surface area contributed by atoms with Gasteiger partial charge >= 0.3 is 5.97 Å². The third kappa shape index (κ3) is 9.38. The van der Waals surface area contributed by atoms with Gasteiger partial charge in [-0.25, -0.2) is 0 Å². The number of methoxy groups -OCH3 is 1. The van der Waals surface area contributed by atoms with Crippen LogP contribution in [-0.2, 0) is 20.7 Å². The molecule has 0 aliphatic carbocycles. The number of ether oxygens (including phenoxy) is 3. The van der Waals surface area contributed by atoms with E-state index in [1.54, 1.807) is 30.2 Å². The van der Waals surface area contributed by atoms with E-state index >= 15 is 0 Å². The molecule has 10 heteroatoms. The van der Waals surface area contributed by atoms with Crippen LogP contribution in [0.2, 0.25) is 10.0 Å².